The second kappa shape index (κ2) is 7.25. The van der Waals surface area contributed by atoms with E-state index in [0.717, 1.165) is 30.5 Å². The fraction of sp³-hybridized carbons (Fsp3) is 0.696. The number of fused-ring (bicyclic) bond motifs is 1. The van der Waals surface area contributed by atoms with Crippen LogP contribution in [-0.4, -0.2) is 63.5 Å². The molecule has 4 rings (SSSR count). The van der Waals surface area contributed by atoms with Crippen molar-refractivity contribution in [3.05, 3.63) is 29.3 Å². The molecule has 6 nitrogen and oxygen atoms in total. The van der Waals surface area contributed by atoms with Crippen LogP contribution in [0, 0.1) is 5.92 Å². The highest BCUT2D eigenvalue weighted by molar-refractivity contribution is 5.76. The maximum absolute atomic E-state index is 12.4. The zero-order chi connectivity index (χ0) is 21.0. The molecule has 160 valence electrons. The minimum Gasteiger partial charge on any atom is -0.508 e. The first-order valence-electron chi connectivity index (χ1n) is 10.9. The van der Waals surface area contributed by atoms with E-state index in [1.807, 2.05) is 13.1 Å². The van der Waals surface area contributed by atoms with Gasteiger partial charge in [0, 0.05) is 24.3 Å². The molecule has 2 fully saturated rings. The molecular weight excluding hydrogens is 368 g/mol. The van der Waals surface area contributed by atoms with Gasteiger partial charge in [0.15, 0.2) is 0 Å². The predicted molar refractivity (Wildman–Crippen MR) is 111 cm³/mol. The number of rotatable bonds is 4. The van der Waals surface area contributed by atoms with Crippen molar-refractivity contribution in [2.24, 2.45) is 5.92 Å². The Morgan fingerprint density at radius 2 is 2.10 bits per heavy atom. The van der Waals surface area contributed by atoms with Crippen LogP contribution in [0.5, 0.6) is 5.75 Å². The molecule has 2 aliphatic carbocycles. The van der Waals surface area contributed by atoms with Crippen molar-refractivity contribution in [3.8, 4) is 5.75 Å². The summed E-state index contributed by atoms with van der Waals surface area (Å²) in [6, 6.07) is 4.89. The number of phenols is 1. The molecule has 4 N–H and O–H groups in total. The van der Waals surface area contributed by atoms with E-state index in [-0.39, 0.29) is 17.7 Å². The Morgan fingerprint density at radius 1 is 1.34 bits per heavy atom. The van der Waals surface area contributed by atoms with Gasteiger partial charge in [-0.25, -0.2) is 0 Å². The summed E-state index contributed by atoms with van der Waals surface area (Å²) in [6.07, 6.45) is 2.65. The van der Waals surface area contributed by atoms with Gasteiger partial charge < -0.3 is 25.5 Å². The molecule has 1 aromatic rings. The molecule has 5 unspecified atom stereocenters. The highest BCUT2D eigenvalue weighted by Gasteiger charge is 2.66. The van der Waals surface area contributed by atoms with Gasteiger partial charge in [0.25, 0.3) is 0 Å². The van der Waals surface area contributed by atoms with Gasteiger partial charge in [-0.1, -0.05) is 19.9 Å². The molecule has 0 spiro atoms. The molecule has 1 aliphatic heterocycles. The smallest absolute Gasteiger partial charge is 0.220 e. The second-order valence-corrected chi connectivity index (χ2v) is 9.88. The van der Waals surface area contributed by atoms with Gasteiger partial charge in [0.05, 0.1) is 17.7 Å². The quantitative estimate of drug-likeness (QED) is 0.615. The van der Waals surface area contributed by atoms with E-state index in [1.54, 1.807) is 12.1 Å². The number of likely N-dealkylation sites (N-methyl/N-ethyl adjacent to an activating group) is 1. The number of hydrogen-bond acceptors (Lipinski definition) is 5. The zero-order valence-corrected chi connectivity index (χ0v) is 17.7. The minimum absolute atomic E-state index is 0.0605. The van der Waals surface area contributed by atoms with Gasteiger partial charge in [-0.2, -0.15) is 0 Å². The lowest BCUT2D eigenvalue weighted by Crippen LogP contribution is -2.76. The van der Waals surface area contributed by atoms with E-state index >= 15 is 0 Å². The van der Waals surface area contributed by atoms with Crippen molar-refractivity contribution >= 4 is 5.91 Å². The third kappa shape index (κ3) is 3.25. The lowest BCUT2D eigenvalue weighted by atomic mass is 9.48. The van der Waals surface area contributed by atoms with E-state index < -0.39 is 23.2 Å². The number of nitrogens with one attached hydrogen (secondary N) is 1. The Balaban J connectivity index is 1.67. The van der Waals surface area contributed by atoms with Crippen molar-refractivity contribution in [2.45, 2.75) is 81.6 Å². The fourth-order valence-electron chi connectivity index (χ4n) is 6.05. The molecule has 1 saturated carbocycles. The van der Waals surface area contributed by atoms with Crippen LogP contribution in [0.3, 0.4) is 0 Å². The molecule has 29 heavy (non-hydrogen) atoms. The van der Waals surface area contributed by atoms with Crippen molar-refractivity contribution < 1.29 is 20.1 Å². The number of aromatic hydroxyl groups is 1. The lowest BCUT2D eigenvalue weighted by molar-refractivity contribution is -0.185. The largest absolute Gasteiger partial charge is 0.508 e. The SMILES string of the molecule is CC(C)CCC(=O)NC1CC2(O)C3Cc4ccc(O)cc4C2(CCN3C)CC1O. The van der Waals surface area contributed by atoms with E-state index in [1.165, 1.54) is 0 Å². The van der Waals surface area contributed by atoms with Gasteiger partial charge in [-0.05, 0) is 68.5 Å². The molecule has 5 atom stereocenters. The summed E-state index contributed by atoms with van der Waals surface area (Å²) in [7, 11) is 2.04. The lowest BCUT2D eigenvalue weighted by Gasteiger charge is -2.65. The summed E-state index contributed by atoms with van der Waals surface area (Å²) >= 11 is 0. The van der Waals surface area contributed by atoms with Crippen molar-refractivity contribution in [1.29, 1.82) is 0 Å². The van der Waals surface area contributed by atoms with Crippen LogP contribution in [-0.2, 0) is 16.6 Å². The second-order valence-electron chi connectivity index (χ2n) is 9.88. The summed E-state index contributed by atoms with van der Waals surface area (Å²) < 4.78 is 0. The molecule has 1 heterocycles. The first kappa shape index (κ1) is 20.6. The third-order valence-corrected chi connectivity index (χ3v) is 7.67. The number of piperidine rings is 1. The normalized spacial score (nSPS) is 36.4. The number of nitrogens with zero attached hydrogens (tertiary/aromatic N) is 1. The van der Waals surface area contributed by atoms with Crippen LogP contribution in [0.4, 0.5) is 0 Å². The van der Waals surface area contributed by atoms with Gasteiger partial charge >= 0.3 is 0 Å². The summed E-state index contributed by atoms with van der Waals surface area (Å²) in [5, 5.41) is 36.3. The first-order valence-corrected chi connectivity index (χ1v) is 10.9. The van der Waals surface area contributed by atoms with Crippen LogP contribution < -0.4 is 5.32 Å². The van der Waals surface area contributed by atoms with Crippen molar-refractivity contribution in [3.63, 3.8) is 0 Å². The van der Waals surface area contributed by atoms with E-state index in [2.05, 4.69) is 24.1 Å². The maximum Gasteiger partial charge on any atom is 0.220 e. The predicted octanol–water partition coefficient (Wildman–Crippen LogP) is 1.70. The van der Waals surface area contributed by atoms with Crippen molar-refractivity contribution in [2.75, 3.05) is 13.6 Å². The van der Waals surface area contributed by atoms with E-state index in [0.29, 0.717) is 31.6 Å². The van der Waals surface area contributed by atoms with E-state index in [9.17, 15) is 20.1 Å². The molecule has 0 aromatic heterocycles. The van der Waals surface area contributed by atoms with Crippen LogP contribution in [0.25, 0.3) is 0 Å². The molecular formula is C23H34N2O4. The maximum atomic E-state index is 12.4. The number of carbonyl (C=O) groups is 1. The molecule has 2 bridgehead atoms. The van der Waals surface area contributed by atoms with Crippen LogP contribution >= 0.6 is 0 Å². The number of phenolic OH excluding ortho intramolecular Hbond substituents is 1. The Labute approximate surface area is 172 Å². The number of aliphatic hydroxyl groups excluding tert-OH is 1. The summed E-state index contributed by atoms with van der Waals surface area (Å²) in [4.78, 5) is 14.6. The van der Waals surface area contributed by atoms with Gasteiger partial charge in [0.1, 0.15) is 5.75 Å². The average molecular weight is 403 g/mol. The highest BCUT2D eigenvalue weighted by Crippen LogP contribution is 2.58. The number of likely N-dealkylation sites (tertiary alicyclic amines) is 1. The van der Waals surface area contributed by atoms with Crippen LogP contribution in [0.2, 0.25) is 0 Å². The summed E-state index contributed by atoms with van der Waals surface area (Å²) in [6.45, 7) is 5.00. The molecule has 0 radical (unpaired) electrons. The summed E-state index contributed by atoms with van der Waals surface area (Å²) in [5.41, 5.74) is 0.439. The standard InChI is InChI=1S/C23H34N2O4/c1-14(2)4-7-21(28)24-18-12-23(29)20-10-15-5-6-16(26)11-17(15)22(23,13-19(18)27)8-9-25(20)3/h5-6,11,14,18-20,26-27,29H,4,7-10,12-13H2,1-3H3,(H,24,28). The van der Waals surface area contributed by atoms with Gasteiger partial charge in [-0.3, -0.25) is 4.79 Å². The minimum atomic E-state index is -1.06. The van der Waals surface area contributed by atoms with Gasteiger partial charge in [-0.15, -0.1) is 0 Å². The third-order valence-electron chi connectivity index (χ3n) is 7.67. The summed E-state index contributed by atoms with van der Waals surface area (Å²) in [5.74, 6) is 0.575. The zero-order valence-electron chi connectivity index (χ0n) is 17.7. The van der Waals surface area contributed by atoms with Crippen LogP contribution in [0.15, 0.2) is 18.2 Å². The highest BCUT2D eigenvalue weighted by atomic mass is 16.3. The topological polar surface area (TPSA) is 93.0 Å². The Kier molecular flexibility index (Phi) is 5.16. The molecule has 1 aromatic carbocycles. The Morgan fingerprint density at radius 3 is 2.83 bits per heavy atom. The Bertz CT molecular complexity index is 797. The number of carbonyl (C=O) groups excluding carboxylic acids is 1. The fourth-order valence-corrected chi connectivity index (χ4v) is 6.05. The number of amides is 1. The van der Waals surface area contributed by atoms with Crippen molar-refractivity contribution in [1.82, 2.24) is 10.2 Å². The molecule has 3 aliphatic rings. The first-order chi connectivity index (χ1) is 13.7. The van der Waals surface area contributed by atoms with Gasteiger partial charge in [0.2, 0.25) is 5.91 Å². The number of aliphatic hydroxyl groups is 2. The number of benzene rings is 1. The molecule has 1 saturated heterocycles. The van der Waals surface area contributed by atoms with Crippen LogP contribution in [0.1, 0.15) is 57.1 Å². The average Bonchev–Trinajstić information content (AvgIpc) is 2.65. The number of hydrogen-bond donors (Lipinski definition) is 4. The Hall–Kier alpha value is -1.63. The molecule has 1 amide bonds. The molecule has 6 heteroatoms. The monoisotopic (exact) mass is 402 g/mol. The van der Waals surface area contributed by atoms with E-state index in [4.69, 9.17) is 0 Å².